The van der Waals surface area contributed by atoms with Crippen LogP contribution in [0.5, 0.6) is 0 Å². The van der Waals surface area contributed by atoms with Crippen LogP contribution in [0.2, 0.25) is 0 Å². The van der Waals surface area contributed by atoms with E-state index in [2.05, 4.69) is 55.7 Å². The number of hydrogen-bond donors (Lipinski definition) is 3. The van der Waals surface area contributed by atoms with Gasteiger partial charge in [-0.1, -0.05) is 89.1 Å². The highest BCUT2D eigenvalue weighted by atomic mass is 32.1. The summed E-state index contributed by atoms with van der Waals surface area (Å²) < 4.78 is 4.37. The summed E-state index contributed by atoms with van der Waals surface area (Å²) >= 11 is 3.75. The molecule has 196 valence electrons. The van der Waals surface area contributed by atoms with Gasteiger partial charge in [-0.2, -0.15) is 0 Å². The average Bonchev–Trinajstić information content (AvgIpc) is 2.93. The normalized spacial score (nSPS) is 17.5. The van der Waals surface area contributed by atoms with Crippen LogP contribution in [0.1, 0.15) is 76.1 Å². The summed E-state index contributed by atoms with van der Waals surface area (Å²) in [5.74, 6) is 1.38. The molecule has 1 aliphatic rings. The predicted molar refractivity (Wildman–Crippen MR) is 157 cm³/mol. The summed E-state index contributed by atoms with van der Waals surface area (Å²) in [5, 5.41) is 0. The van der Waals surface area contributed by atoms with Crippen molar-refractivity contribution in [2.45, 2.75) is 65.7 Å². The summed E-state index contributed by atoms with van der Waals surface area (Å²) in [5.41, 5.74) is 8.94. The van der Waals surface area contributed by atoms with E-state index in [1.165, 1.54) is 6.42 Å². The maximum Gasteiger partial charge on any atom is 0.261 e. The highest BCUT2D eigenvalue weighted by Crippen LogP contribution is 2.36. The molecule has 3 atom stereocenters. The van der Waals surface area contributed by atoms with E-state index >= 15 is 0 Å². The topological polar surface area (TPSA) is 72.4 Å². The predicted octanol–water partition coefficient (Wildman–Crippen LogP) is 6.18. The van der Waals surface area contributed by atoms with Gasteiger partial charge in [0.15, 0.2) is 0 Å². The van der Waals surface area contributed by atoms with Crippen LogP contribution in [0.3, 0.4) is 0 Å². The van der Waals surface area contributed by atoms with Crippen LogP contribution in [0, 0.1) is 11.8 Å². The van der Waals surface area contributed by atoms with Gasteiger partial charge in [0.2, 0.25) is 0 Å². The molecule has 0 saturated heterocycles. The van der Waals surface area contributed by atoms with Crippen molar-refractivity contribution >= 4 is 18.5 Å². The molecule has 36 heavy (non-hydrogen) atoms. The minimum Gasteiger partial charge on any atom is -0.330 e. The van der Waals surface area contributed by atoms with Crippen molar-refractivity contribution in [2.24, 2.45) is 17.6 Å². The molecule has 0 saturated carbocycles. The summed E-state index contributed by atoms with van der Waals surface area (Å²) in [4.78, 5) is 18.4. The van der Waals surface area contributed by atoms with Crippen molar-refractivity contribution < 1.29 is 0 Å². The molecule has 2 heterocycles. The molecule has 2 aromatic heterocycles. The molecule has 3 aromatic rings. The van der Waals surface area contributed by atoms with Crippen LogP contribution < -0.4 is 16.0 Å². The van der Waals surface area contributed by atoms with Crippen molar-refractivity contribution in [1.82, 2.24) is 14.1 Å². The molecule has 0 spiro atoms. The summed E-state index contributed by atoms with van der Waals surface area (Å²) in [7, 11) is 0. The SMILES string of the molecule is CC.CCC(c1nc2ccccn2c(=O)c1Cc1ccccc1)C1C=CC(C)CC1.NCCCNS. The second-order valence-corrected chi connectivity index (χ2v) is 9.36. The fraction of sp³-hybridized carbons (Fsp3) is 0.467. The Morgan fingerprint density at radius 3 is 2.42 bits per heavy atom. The molecule has 0 aliphatic heterocycles. The molecule has 5 nitrogen and oxygen atoms in total. The van der Waals surface area contributed by atoms with E-state index in [0.717, 1.165) is 54.8 Å². The Bertz CT molecular complexity index is 1110. The zero-order chi connectivity index (χ0) is 26.3. The van der Waals surface area contributed by atoms with Gasteiger partial charge in [0.05, 0.1) is 5.69 Å². The van der Waals surface area contributed by atoms with Crippen molar-refractivity contribution in [2.75, 3.05) is 13.1 Å². The fourth-order valence-corrected chi connectivity index (χ4v) is 4.77. The zero-order valence-corrected chi connectivity index (χ0v) is 23.3. The van der Waals surface area contributed by atoms with Gasteiger partial charge in [0.1, 0.15) is 5.65 Å². The molecule has 0 radical (unpaired) electrons. The summed E-state index contributed by atoms with van der Waals surface area (Å²) in [6.07, 6.45) is 11.5. The van der Waals surface area contributed by atoms with E-state index in [4.69, 9.17) is 10.7 Å². The van der Waals surface area contributed by atoms with Crippen LogP contribution >= 0.6 is 12.8 Å². The molecule has 6 heteroatoms. The van der Waals surface area contributed by atoms with Gasteiger partial charge in [0.25, 0.3) is 5.56 Å². The van der Waals surface area contributed by atoms with Crippen molar-refractivity contribution in [3.63, 3.8) is 0 Å². The number of nitrogens with two attached hydrogens (primary N) is 1. The number of nitrogens with one attached hydrogen (secondary N) is 1. The molecule has 1 aliphatic carbocycles. The van der Waals surface area contributed by atoms with Gasteiger partial charge >= 0.3 is 0 Å². The number of benzene rings is 1. The van der Waals surface area contributed by atoms with Crippen molar-refractivity contribution in [3.05, 3.63) is 94.1 Å². The van der Waals surface area contributed by atoms with Gasteiger partial charge in [-0.25, -0.2) is 4.98 Å². The van der Waals surface area contributed by atoms with E-state index < -0.39 is 0 Å². The number of nitrogens with zero attached hydrogens (tertiary/aromatic N) is 2. The lowest BCUT2D eigenvalue weighted by molar-refractivity contribution is 0.397. The van der Waals surface area contributed by atoms with Crippen molar-refractivity contribution in [1.29, 1.82) is 0 Å². The van der Waals surface area contributed by atoms with Gasteiger partial charge in [-0.3, -0.25) is 13.9 Å². The molecule has 0 fully saturated rings. The zero-order valence-electron chi connectivity index (χ0n) is 22.4. The fourth-order valence-electron chi connectivity index (χ4n) is 4.61. The lowest BCUT2D eigenvalue weighted by Crippen LogP contribution is -2.26. The highest BCUT2D eigenvalue weighted by Gasteiger charge is 2.27. The van der Waals surface area contributed by atoms with Crippen LogP contribution in [-0.4, -0.2) is 22.5 Å². The molecule has 4 rings (SSSR count). The minimum atomic E-state index is 0.0658. The van der Waals surface area contributed by atoms with Crippen LogP contribution in [0.4, 0.5) is 0 Å². The second kappa shape index (κ2) is 16.4. The molecular weight excluding hydrogens is 464 g/mol. The third kappa shape index (κ3) is 8.32. The highest BCUT2D eigenvalue weighted by molar-refractivity contribution is 7.78. The van der Waals surface area contributed by atoms with Gasteiger partial charge in [0, 0.05) is 30.6 Å². The maximum atomic E-state index is 13.4. The van der Waals surface area contributed by atoms with Gasteiger partial charge < -0.3 is 5.73 Å². The number of aromatic nitrogens is 2. The Morgan fingerprint density at radius 1 is 1.11 bits per heavy atom. The van der Waals surface area contributed by atoms with E-state index in [-0.39, 0.29) is 11.5 Å². The Labute approximate surface area is 222 Å². The van der Waals surface area contributed by atoms with E-state index in [0.29, 0.717) is 18.3 Å². The smallest absolute Gasteiger partial charge is 0.261 e. The molecule has 1 aromatic carbocycles. The Morgan fingerprint density at radius 2 is 1.83 bits per heavy atom. The van der Waals surface area contributed by atoms with E-state index in [9.17, 15) is 4.79 Å². The third-order valence-electron chi connectivity index (χ3n) is 6.53. The lowest BCUT2D eigenvalue weighted by Gasteiger charge is -2.29. The molecule has 3 N–H and O–H groups in total. The largest absolute Gasteiger partial charge is 0.330 e. The van der Waals surface area contributed by atoms with Gasteiger partial charge in [-0.05, 0) is 61.8 Å². The lowest BCUT2D eigenvalue weighted by atomic mass is 9.77. The first-order valence-electron chi connectivity index (χ1n) is 13.4. The number of thiol groups is 1. The Balaban J connectivity index is 0.000000502. The summed E-state index contributed by atoms with van der Waals surface area (Å²) in [6.45, 7) is 10.1. The van der Waals surface area contributed by atoms with Crippen LogP contribution in [-0.2, 0) is 6.42 Å². The Kier molecular flexibility index (Phi) is 13.5. The minimum absolute atomic E-state index is 0.0658. The number of allylic oxidation sites excluding steroid dienone is 2. The standard InChI is InChI=1S/C25H28N2O.C3H10N2S.C2H6/c1-3-21(20-14-12-18(2)13-15-20)24-22(17-19-9-5-4-6-10-19)25(28)27-16-8-7-11-23(27)26-24;4-2-1-3-5-6;1-2/h4-12,14,16,18,20-21H,3,13,15,17H2,1-2H3;5-6H,1-4H2;1-2H3. The quantitative estimate of drug-likeness (QED) is 0.193. The summed E-state index contributed by atoms with van der Waals surface area (Å²) in [6, 6.07) is 16.0. The number of fused-ring (bicyclic) bond motifs is 1. The number of rotatable bonds is 8. The first-order valence-corrected chi connectivity index (χ1v) is 13.8. The molecule has 0 bridgehead atoms. The number of pyridine rings is 1. The Hall–Kier alpha value is -2.41. The molecule has 3 unspecified atom stereocenters. The maximum absolute atomic E-state index is 13.4. The van der Waals surface area contributed by atoms with Crippen LogP contribution in [0.25, 0.3) is 5.65 Å². The van der Waals surface area contributed by atoms with Crippen LogP contribution in [0.15, 0.2) is 71.7 Å². The monoisotopic (exact) mass is 508 g/mol. The average molecular weight is 509 g/mol. The first kappa shape index (κ1) is 29.8. The van der Waals surface area contributed by atoms with E-state index in [1.54, 1.807) is 4.40 Å². The third-order valence-corrected chi connectivity index (χ3v) is 6.75. The van der Waals surface area contributed by atoms with Crippen molar-refractivity contribution in [3.8, 4) is 0 Å². The first-order chi connectivity index (χ1) is 17.6. The van der Waals surface area contributed by atoms with E-state index in [1.807, 2.05) is 56.4 Å². The number of hydrogen-bond acceptors (Lipinski definition) is 5. The van der Waals surface area contributed by atoms with Gasteiger partial charge in [-0.15, -0.1) is 0 Å². The second-order valence-electron chi connectivity index (χ2n) is 9.04. The molecular formula is C30H44N4OS. The molecule has 0 amide bonds.